The van der Waals surface area contributed by atoms with Crippen LogP contribution in [0.1, 0.15) is 0 Å². The second-order valence-electron chi connectivity index (χ2n) is 6.39. The minimum atomic E-state index is 0.714. The molecule has 138 valence electrons. The van der Waals surface area contributed by atoms with E-state index in [0.717, 1.165) is 34.1 Å². The number of hydrogen-bond donors (Lipinski definition) is 2. The highest BCUT2D eigenvalue weighted by atomic mass is 16.5. The van der Waals surface area contributed by atoms with Gasteiger partial charge >= 0.3 is 0 Å². The summed E-state index contributed by atoms with van der Waals surface area (Å²) in [6.07, 6.45) is 0. The van der Waals surface area contributed by atoms with Crippen LogP contribution in [0.4, 0.5) is 11.4 Å². The quantitative estimate of drug-likeness (QED) is 0.417. The van der Waals surface area contributed by atoms with Crippen molar-refractivity contribution in [1.29, 1.82) is 0 Å². The van der Waals surface area contributed by atoms with Crippen LogP contribution < -0.4 is 20.9 Å². The molecule has 0 unspecified atom stereocenters. The van der Waals surface area contributed by atoms with Gasteiger partial charge in [-0.3, -0.25) is 0 Å². The van der Waals surface area contributed by atoms with Crippen LogP contribution in [0.25, 0.3) is 11.1 Å². The molecule has 0 aromatic heterocycles. The lowest BCUT2D eigenvalue weighted by Gasteiger charge is -2.09. The first-order chi connectivity index (χ1) is 13.7. The maximum Gasteiger partial charge on any atom is 0.127 e. The van der Waals surface area contributed by atoms with Crippen molar-refractivity contribution in [2.24, 2.45) is 0 Å². The number of ether oxygens (including phenoxy) is 2. The minimum absolute atomic E-state index is 0.714. The van der Waals surface area contributed by atoms with Crippen molar-refractivity contribution in [3.8, 4) is 34.1 Å². The van der Waals surface area contributed by atoms with Gasteiger partial charge in [0.1, 0.15) is 23.0 Å². The lowest BCUT2D eigenvalue weighted by atomic mass is 10.1. The third-order valence-corrected chi connectivity index (χ3v) is 4.27. The Morgan fingerprint density at radius 2 is 0.607 bits per heavy atom. The van der Waals surface area contributed by atoms with Crippen molar-refractivity contribution < 1.29 is 9.47 Å². The molecule has 0 atom stereocenters. The van der Waals surface area contributed by atoms with E-state index < -0.39 is 0 Å². The average molecular weight is 368 g/mol. The summed E-state index contributed by atoms with van der Waals surface area (Å²) in [5.41, 5.74) is 15.0. The van der Waals surface area contributed by atoms with Crippen molar-refractivity contribution in [3.05, 3.63) is 97.1 Å². The van der Waals surface area contributed by atoms with Gasteiger partial charge in [-0.05, 0) is 83.9 Å². The van der Waals surface area contributed by atoms with Crippen LogP contribution in [0.5, 0.6) is 23.0 Å². The number of anilines is 2. The summed E-state index contributed by atoms with van der Waals surface area (Å²) in [5.74, 6) is 3.06. The van der Waals surface area contributed by atoms with Gasteiger partial charge in [0.05, 0.1) is 0 Å². The molecule has 0 amide bonds. The molecule has 0 bridgehead atoms. The van der Waals surface area contributed by atoms with Crippen molar-refractivity contribution in [1.82, 2.24) is 0 Å². The SMILES string of the molecule is Nc1ccc(Oc2ccc(-c3ccc(Oc4ccc(N)cc4)cc3)cc2)cc1. The predicted octanol–water partition coefficient (Wildman–Crippen LogP) is 6.10. The van der Waals surface area contributed by atoms with Gasteiger partial charge < -0.3 is 20.9 Å². The number of nitrogens with two attached hydrogens (primary N) is 2. The van der Waals surface area contributed by atoms with E-state index in [0.29, 0.717) is 11.4 Å². The van der Waals surface area contributed by atoms with E-state index in [1.807, 2.05) is 97.1 Å². The molecule has 0 spiro atoms. The molecule has 0 fully saturated rings. The van der Waals surface area contributed by atoms with E-state index in [-0.39, 0.29) is 0 Å². The Kier molecular flexibility index (Phi) is 4.85. The molecule has 0 saturated carbocycles. The fourth-order valence-electron chi connectivity index (χ4n) is 2.77. The second kappa shape index (κ2) is 7.76. The number of benzene rings is 4. The summed E-state index contributed by atoms with van der Waals surface area (Å²) < 4.78 is 11.7. The third kappa shape index (κ3) is 4.24. The second-order valence-corrected chi connectivity index (χ2v) is 6.39. The fourth-order valence-corrected chi connectivity index (χ4v) is 2.77. The Hall–Kier alpha value is -3.92. The van der Waals surface area contributed by atoms with E-state index >= 15 is 0 Å². The van der Waals surface area contributed by atoms with Crippen LogP contribution in [-0.2, 0) is 0 Å². The summed E-state index contributed by atoms with van der Waals surface area (Å²) in [5, 5.41) is 0. The topological polar surface area (TPSA) is 70.5 Å². The first-order valence-electron chi connectivity index (χ1n) is 8.93. The number of hydrogen-bond acceptors (Lipinski definition) is 4. The van der Waals surface area contributed by atoms with Gasteiger partial charge in [0.15, 0.2) is 0 Å². The third-order valence-electron chi connectivity index (χ3n) is 4.27. The highest BCUT2D eigenvalue weighted by Crippen LogP contribution is 2.29. The van der Waals surface area contributed by atoms with Crippen molar-refractivity contribution in [2.75, 3.05) is 11.5 Å². The average Bonchev–Trinajstić information content (AvgIpc) is 2.73. The molecule has 0 saturated heterocycles. The van der Waals surface area contributed by atoms with Gasteiger partial charge in [-0.2, -0.15) is 0 Å². The first kappa shape index (κ1) is 17.5. The smallest absolute Gasteiger partial charge is 0.127 e. The molecule has 0 aliphatic rings. The molecule has 0 heterocycles. The molecule has 0 aliphatic carbocycles. The van der Waals surface area contributed by atoms with Gasteiger partial charge in [-0.1, -0.05) is 24.3 Å². The summed E-state index contributed by atoms with van der Waals surface area (Å²) in [6, 6.07) is 30.6. The molecule has 28 heavy (non-hydrogen) atoms. The van der Waals surface area contributed by atoms with Gasteiger partial charge in [0, 0.05) is 11.4 Å². The Labute approximate surface area is 164 Å². The Balaban J connectivity index is 1.43. The van der Waals surface area contributed by atoms with Crippen LogP contribution in [0.2, 0.25) is 0 Å². The summed E-state index contributed by atoms with van der Waals surface area (Å²) in [6.45, 7) is 0. The molecular weight excluding hydrogens is 348 g/mol. The monoisotopic (exact) mass is 368 g/mol. The van der Waals surface area contributed by atoms with E-state index in [2.05, 4.69) is 0 Å². The standard InChI is InChI=1S/C24H20N2O2/c25-19-5-13-23(14-6-19)27-21-9-1-17(2-10-21)18-3-11-22(12-4-18)28-24-15-7-20(26)8-16-24/h1-16H,25-26H2. The van der Waals surface area contributed by atoms with E-state index in [4.69, 9.17) is 20.9 Å². The van der Waals surface area contributed by atoms with Crippen LogP contribution in [0.3, 0.4) is 0 Å². The molecule has 4 heteroatoms. The molecule has 0 radical (unpaired) electrons. The van der Waals surface area contributed by atoms with Crippen LogP contribution in [0, 0.1) is 0 Å². The largest absolute Gasteiger partial charge is 0.457 e. The molecule has 4 rings (SSSR count). The summed E-state index contributed by atoms with van der Waals surface area (Å²) in [4.78, 5) is 0. The maximum atomic E-state index is 5.83. The zero-order valence-electron chi connectivity index (χ0n) is 15.2. The van der Waals surface area contributed by atoms with E-state index in [9.17, 15) is 0 Å². The first-order valence-corrected chi connectivity index (χ1v) is 8.93. The Morgan fingerprint density at radius 3 is 0.893 bits per heavy atom. The summed E-state index contributed by atoms with van der Waals surface area (Å²) in [7, 11) is 0. The maximum absolute atomic E-state index is 5.83. The van der Waals surface area contributed by atoms with Gasteiger partial charge in [-0.25, -0.2) is 0 Å². The fraction of sp³-hybridized carbons (Fsp3) is 0. The van der Waals surface area contributed by atoms with Crippen molar-refractivity contribution in [2.45, 2.75) is 0 Å². The normalized spacial score (nSPS) is 10.4. The molecular formula is C24H20N2O2. The lowest BCUT2D eigenvalue weighted by molar-refractivity contribution is 0.482. The van der Waals surface area contributed by atoms with Gasteiger partial charge in [0.2, 0.25) is 0 Å². The summed E-state index contributed by atoms with van der Waals surface area (Å²) >= 11 is 0. The van der Waals surface area contributed by atoms with Gasteiger partial charge in [0.25, 0.3) is 0 Å². The number of nitrogen functional groups attached to an aromatic ring is 2. The highest BCUT2D eigenvalue weighted by Gasteiger charge is 2.02. The van der Waals surface area contributed by atoms with Crippen LogP contribution >= 0.6 is 0 Å². The van der Waals surface area contributed by atoms with Gasteiger partial charge in [-0.15, -0.1) is 0 Å². The van der Waals surface area contributed by atoms with E-state index in [1.165, 1.54) is 0 Å². The number of rotatable bonds is 5. The van der Waals surface area contributed by atoms with Crippen LogP contribution in [-0.4, -0.2) is 0 Å². The predicted molar refractivity (Wildman–Crippen MR) is 114 cm³/mol. The van der Waals surface area contributed by atoms with Crippen LogP contribution in [0.15, 0.2) is 97.1 Å². The molecule has 0 aliphatic heterocycles. The Morgan fingerprint density at radius 1 is 0.357 bits per heavy atom. The lowest BCUT2D eigenvalue weighted by Crippen LogP contribution is -1.87. The molecule has 4 aromatic rings. The zero-order chi connectivity index (χ0) is 19.3. The highest BCUT2D eigenvalue weighted by molar-refractivity contribution is 5.65. The van der Waals surface area contributed by atoms with Crippen molar-refractivity contribution in [3.63, 3.8) is 0 Å². The molecule has 4 N–H and O–H groups in total. The zero-order valence-corrected chi connectivity index (χ0v) is 15.2. The van der Waals surface area contributed by atoms with Crippen molar-refractivity contribution >= 4 is 11.4 Å². The Bertz CT molecular complexity index is 951. The van der Waals surface area contributed by atoms with E-state index in [1.54, 1.807) is 0 Å². The molecule has 4 aromatic carbocycles. The molecule has 4 nitrogen and oxygen atoms in total. The minimum Gasteiger partial charge on any atom is -0.457 e.